The van der Waals surface area contributed by atoms with Crippen molar-refractivity contribution in [3.63, 3.8) is 0 Å². The van der Waals surface area contributed by atoms with Crippen LogP contribution in [0.1, 0.15) is 22.0 Å². The Morgan fingerprint density at radius 1 is 1.56 bits per heavy atom. The normalized spacial score (nSPS) is 12.1. The highest BCUT2D eigenvalue weighted by Gasteiger charge is 2.13. The summed E-state index contributed by atoms with van der Waals surface area (Å²) in [4.78, 5) is 15.6. The summed E-state index contributed by atoms with van der Waals surface area (Å²) in [5, 5.41) is 16.5. The first kappa shape index (κ1) is 13.0. The highest BCUT2D eigenvalue weighted by molar-refractivity contribution is 7.07. The van der Waals surface area contributed by atoms with E-state index in [4.69, 9.17) is 11.6 Å². The molecule has 2 N–H and O–H groups in total. The van der Waals surface area contributed by atoms with E-state index in [-0.39, 0.29) is 12.5 Å². The van der Waals surface area contributed by atoms with Gasteiger partial charge in [-0.2, -0.15) is 11.3 Å². The number of carbonyl (C=O) groups excluding carboxylic acids is 1. The Morgan fingerprint density at radius 3 is 3.06 bits per heavy atom. The molecule has 0 radical (unpaired) electrons. The lowest BCUT2D eigenvalue weighted by Gasteiger charge is -2.11. The Hall–Kier alpha value is -1.43. The van der Waals surface area contributed by atoms with E-state index >= 15 is 0 Å². The lowest BCUT2D eigenvalue weighted by Crippen LogP contribution is -2.28. The lowest BCUT2D eigenvalue weighted by atomic mass is 10.2. The van der Waals surface area contributed by atoms with Crippen LogP contribution in [0, 0.1) is 0 Å². The first-order chi connectivity index (χ1) is 8.68. The van der Waals surface area contributed by atoms with Gasteiger partial charge >= 0.3 is 0 Å². The number of halogens is 1. The molecule has 0 fully saturated rings. The topological polar surface area (TPSA) is 62.2 Å². The van der Waals surface area contributed by atoms with Gasteiger partial charge in [-0.25, -0.2) is 0 Å². The Labute approximate surface area is 113 Å². The number of nitrogens with one attached hydrogen (secondary N) is 1. The SMILES string of the molecule is O=C(NCC(O)c1ccsc1)c1ccncc1Cl. The van der Waals surface area contributed by atoms with Gasteiger partial charge in [-0.15, -0.1) is 0 Å². The zero-order chi connectivity index (χ0) is 13.0. The molecule has 1 amide bonds. The molecule has 0 spiro atoms. The number of thiophene rings is 1. The molecule has 2 aromatic rings. The molecule has 0 aliphatic heterocycles. The van der Waals surface area contributed by atoms with Gasteiger partial charge in [-0.3, -0.25) is 9.78 Å². The molecule has 1 unspecified atom stereocenters. The monoisotopic (exact) mass is 282 g/mol. The van der Waals surface area contributed by atoms with Crippen molar-refractivity contribution in [3.8, 4) is 0 Å². The number of rotatable bonds is 4. The van der Waals surface area contributed by atoms with E-state index in [1.54, 1.807) is 0 Å². The molecule has 6 heteroatoms. The number of carbonyl (C=O) groups is 1. The van der Waals surface area contributed by atoms with Crippen LogP contribution < -0.4 is 5.32 Å². The van der Waals surface area contributed by atoms with Crippen LogP contribution in [0.2, 0.25) is 5.02 Å². The van der Waals surface area contributed by atoms with Crippen molar-refractivity contribution in [2.45, 2.75) is 6.10 Å². The smallest absolute Gasteiger partial charge is 0.253 e. The van der Waals surface area contributed by atoms with Gasteiger partial charge in [0.2, 0.25) is 0 Å². The molecule has 4 nitrogen and oxygen atoms in total. The fraction of sp³-hybridized carbons (Fsp3) is 0.167. The number of hydrogen-bond donors (Lipinski definition) is 2. The van der Waals surface area contributed by atoms with E-state index < -0.39 is 6.10 Å². The minimum atomic E-state index is -0.708. The first-order valence-electron chi connectivity index (χ1n) is 5.26. The van der Waals surface area contributed by atoms with E-state index in [9.17, 15) is 9.90 Å². The molecule has 0 saturated carbocycles. The minimum Gasteiger partial charge on any atom is -0.387 e. The van der Waals surface area contributed by atoms with Gasteiger partial charge in [0, 0.05) is 18.9 Å². The van der Waals surface area contributed by atoms with Crippen LogP contribution >= 0.6 is 22.9 Å². The van der Waals surface area contributed by atoms with Gasteiger partial charge < -0.3 is 10.4 Å². The number of aromatic nitrogens is 1. The van der Waals surface area contributed by atoms with Crippen molar-refractivity contribution in [2.24, 2.45) is 0 Å². The van der Waals surface area contributed by atoms with Crippen molar-refractivity contribution in [1.82, 2.24) is 10.3 Å². The second-order valence-corrected chi connectivity index (χ2v) is 4.83. The molecule has 0 bridgehead atoms. The molecule has 0 aliphatic carbocycles. The number of pyridine rings is 1. The van der Waals surface area contributed by atoms with Gasteiger partial charge in [0.25, 0.3) is 5.91 Å². The Bertz CT molecular complexity index is 531. The predicted molar refractivity (Wildman–Crippen MR) is 70.9 cm³/mol. The number of aliphatic hydroxyl groups excluding tert-OH is 1. The molecule has 0 saturated heterocycles. The van der Waals surface area contributed by atoms with Crippen molar-refractivity contribution in [3.05, 3.63) is 51.4 Å². The number of nitrogens with zero attached hydrogens (tertiary/aromatic N) is 1. The molecule has 2 heterocycles. The summed E-state index contributed by atoms with van der Waals surface area (Å²) in [7, 11) is 0. The third kappa shape index (κ3) is 3.07. The fourth-order valence-corrected chi connectivity index (χ4v) is 2.34. The highest BCUT2D eigenvalue weighted by atomic mass is 35.5. The van der Waals surface area contributed by atoms with Crippen LogP contribution in [0.25, 0.3) is 0 Å². The average Bonchev–Trinajstić information content (AvgIpc) is 2.90. The molecule has 0 aromatic carbocycles. The molecule has 18 heavy (non-hydrogen) atoms. The maximum absolute atomic E-state index is 11.8. The van der Waals surface area contributed by atoms with Crippen LogP contribution in [0.3, 0.4) is 0 Å². The van der Waals surface area contributed by atoms with Crippen molar-refractivity contribution < 1.29 is 9.90 Å². The quantitative estimate of drug-likeness (QED) is 0.904. The maximum Gasteiger partial charge on any atom is 0.253 e. The van der Waals surface area contributed by atoms with Crippen LogP contribution in [0.5, 0.6) is 0 Å². The summed E-state index contributed by atoms with van der Waals surface area (Å²) in [6, 6.07) is 3.36. The third-order valence-corrected chi connectivity index (χ3v) is 3.40. The number of aliphatic hydroxyl groups is 1. The largest absolute Gasteiger partial charge is 0.387 e. The Morgan fingerprint density at radius 2 is 2.39 bits per heavy atom. The Balaban J connectivity index is 1.95. The molecular formula is C12H11ClN2O2S. The second-order valence-electron chi connectivity index (χ2n) is 3.64. The van der Waals surface area contributed by atoms with Crippen LogP contribution in [-0.2, 0) is 0 Å². The predicted octanol–water partition coefficient (Wildman–Crippen LogP) is 2.26. The zero-order valence-electron chi connectivity index (χ0n) is 9.34. The summed E-state index contributed by atoms with van der Waals surface area (Å²) in [5.41, 5.74) is 1.14. The second kappa shape index (κ2) is 5.95. The highest BCUT2D eigenvalue weighted by Crippen LogP contribution is 2.16. The summed E-state index contributed by atoms with van der Waals surface area (Å²) in [6.45, 7) is 0.147. The third-order valence-electron chi connectivity index (χ3n) is 2.40. The maximum atomic E-state index is 11.8. The van der Waals surface area contributed by atoms with Crippen molar-refractivity contribution in [1.29, 1.82) is 0 Å². The molecular weight excluding hydrogens is 272 g/mol. The van der Waals surface area contributed by atoms with E-state index in [2.05, 4.69) is 10.3 Å². The lowest BCUT2D eigenvalue weighted by molar-refractivity contribution is 0.0916. The van der Waals surface area contributed by atoms with Crippen molar-refractivity contribution >= 4 is 28.8 Å². The summed E-state index contributed by atoms with van der Waals surface area (Å²) in [5.74, 6) is -0.323. The van der Waals surface area contributed by atoms with Crippen LogP contribution in [0.15, 0.2) is 35.3 Å². The van der Waals surface area contributed by atoms with Crippen LogP contribution in [-0.4, -0.2) is 22.5 Å². The van der Waals surface area contributed by atoms with E-state index in [1.807, 2.05) is 16.8 Å². The van der Waals surface area contributed by atoms with Gasteiger partial charge in [-0.1, -0.05) is 11.6 Å². The van der Waals surface area contributed by atoms with Gasteiger partial charge in [0.15, 0.2) is 0 Å². The Kier molecular flexibility index (Phi) is 4.30. The average molecular weight is 283 g/mol. The van der Waals surface area contributed by atoms with Gasteiger partial charge in [0.1, 0.15) is 0 Å². The molecule has 1 atom stereocenters. The molecule has 94 valence electrons. The van der Waals surface area contributed by atoms with E-state index in [1.165, 1.54) is 29.8 Å². The molecule has 2 rings (SSSR count). The van der Waals surface area contributed by atoms with E-state index in [0.29, 0.717) is 10.6 Å². The summed E-state index contributed by atoms with van der Waals surface area (Å²) < 4.78 is 0. The first-order valence-corrected chi connectivity index (χ1v) is 6.58. The minimum absolute atomic E-state index is 0.147. The number of hydrogen-bond acceptors (Lipinski definition) is 4. The van der Waals surface area contributed by atoms with Gasteiger partial charge in [0.05, 0.1) is 16.7 Å². The van der Waals surface area contributed by atoms with Crippen molar-refractivity contribution in [2.75, 3.05) is 6.54 Å². The summed E-state index contributed by atoms with van der Waals surface area (Å²) in [6.07, 6.45) is 2.20. The zero-order valence-corrected chi connectivity index (χ0v) is 10.9. The molecule has 2 aromatic heterocycles. The molecule has 0 aliphatic rings. The number of amides is 1. The van der Waals surface area contributed by atoms with E-state index in [0.717, 1.165) is 5.56 Å². The standard InChI is InChI=1S/C12H11ClN2O2S/c13-10-5-14-3-1-9(10)12(17)15-6-11(16)8-2-4-18-7-8/h1-5,7,11,16H,6H2,(H,15,17). The van der Waals surface area contributed by atoms with Crippen LogP contribution in [0.4, 0.5) is 0 Å². The fourth-order valence-electron chi connectivity index (χ4n) is 1.43. The summed E-state index contributed by atoms with van der Waals surface area (Å²) >= 11 is 7.35. The van der Waals surface area contributed by atoms with Gasteiger partial charge in [-0.05, 0) is 28.5 Å².